The molecule has 0 aliphatic carbocycles. The Morgan fingerprint density at radius 2 is 2.33 bits per heavy atom. The summed E-state index contributed by atoms with van der Waals surface area (Å²) in [4.78, 5) is 10.7. The van der Waals surface area contributed by atoms with Crippen LogP contribution in [-0.4, -0.2) is 50.6 Å². The molecule has 0 bridgehead atoms. The lowest BCUT2D eigenvalue weighted by molar-refractivity contribution is -0.259. The maximum atomic E-state index is 10.7. The van der Waals surface area contributed by atoms with Crippen LogP contribution in [-0.2, 0) is 23.7 Å². The topological polar surface area (TPSA) is 74.2 Å². The Kier molecular flexibility index (Phi) is 4.22. The molecular formula is C9H14O6. The number of esters is 1. The summed E-state index contributed by atoms with van der Waals surface area (Å²) in [5, 5.41) is 8.46. The van der Waals surface area contributed by atoms with Gasteiger partial charge in [0.25, 0.3) is 0 Å². The van der Waals surface area contributed by atoms with Crippen LogP contribution >= 0.6 is 0 Å². The van der Waals surface area contributed by atoms with Crippen LogP contribution in [0.5, 0.6) is 0 Å². The summed E-state index contributed by atoms with van der Waals surface area (Å²) < 4.78 is 20.0. The van der Waals surface area contributed by atoms with Gasteiger partial charge in [0.2, 0.25) is 5.79 Å². The largest absolute Gasteiger partial charge is 0.458 e. The van der Waals surface area contributed by atoms with Gasteiger partial charge in [-0.15, -0.1) is 0 Å². The first-order valence-corrected chi connectivity index (χ1v) is 4.37. The second-order valence-corrected chi connectivity index (χ2v) is 2.92. The predicted molar refractivity (Wildman–Crippen MR) is 48.8 cm³/mol. The van der Waals surface area contributed by atoms with Crippen molar-refractivity contribution in [1.29, 1.82) is 0 Å². The van der Waals surface area contributed by atoms with E-state index in [1.165, 1.54) is 14.2 Å². The van der Waals surface area contributed by atoms with E-state index in [1.807, 2.05) is 0 Å². The van der Waals surface area contributed by atoms with Crippen LogP contribution in [0.1, 0.15) is 0 Å². The maximum absolute atomic E-state index is 10.7. The molecule has 0 fully saturated rings. The highest BCUT2D eigenvalue weighted by atomic mass is 16.8. The Balaban J connectivity index is 2.49. The zero-order valence-corrected chi connectivity index (χ0v) is 8.63. The molecule has 1 aliphatic heterocycles. The molecule has 6 heteroatoms. The van der Waals surface area contributed by atoms with E-state index in [4.69, 9.17) is 24.1 Å². The highest BCUT2D eigenvalue weighted by molar-refractivity contribution is 5.70. The minimum absolute atomic E-state index is 0.126. The van der Waals surface area contributed by atoms with Crippen molar-refractivity contribution in [2.75, 3.05) is 27.4 Å². The van der Waals surface area contributed by atoms with Crippen molar-refractivity contribution < 1.29 is 28.8 Å². The molecule has 0 aromatic carbocycles. The lowest BCUT2D eigenvalue weighted by Crippen LogP contribution is -2.38. The normalized spacial score (nSPS) is 29.4. The van der Waals surface area contributed by atoms with E-state index < -0.39 is 24.7 Å². The van der Waals surface area contributed by atoms with Gasteiger partial charge in [0.05, 0.1) is 0 Å². The van der Waals surface area contributed by atoms with E-state index in [2.05, 4.69) is 0 Å². The van der Waals surface area contributed by atoms with Gasteiger partial charge in [0, 0.05) is 14.2 Å². The van der Waals surface area contributed by atoms with Gasteiger partial charge in [-0.1, -0.05) is 0 Å². The molecule has 0 radical (unpaired) electrons. The maximum Gasteiger partial charge on any atom is 0.331 e. The van der Waals surface area contributed by atoms with Crippen molar-refractivity contribution in [3.63, 3.8) is 0 Å². The number of hydrogen-bond acceptors (Lipinski definition) is 6. The SMILES string of the molecule is COC1C=CC(COC(=O)CO)(OC)O1. The Morgan fingerprint density at radius 1 is 1.60 bits per heavy atom. The number of methoxy groups -OCH3 is 2. The molecular weight excluding hydrogens is 204 g/mol. The lowest BCUT2D eigenvalue weighted by atomic mass is 10.3. The Bertz CT molecular complexity index is 251. The predicted octanol–water partition coefficient (Wildman–Crippen LogP) is -0.577. The van der Waals surface area contributed by atoms with Gasteiger partial charge >= 0.3 is 5.97 Å². The molecule has 1 heterocycles. The van der Waals surface area contributed by atoms with Crippen LogP contribution < -0.4 is 0 Å². The molecule has 86 valence electrons. The number of hydrogen-bond donors (Lipinski definition) is 1. The van der Waals surface area contributed by atoms with Crippen molar-refractivity contribution in [1.82, 2.24) is 0 Å². The molecule has 0 spiro atoms. The molecule has 0 amide bonds. The molecule has 0 aromatic heterocycles. The van der Waals surface area contributed by atoms with E-state index in [0.717, 1.165) is 0 Å². The Morgan fingerprint density at radius 3 is 2.80 bits per heavy atom. The fourth-order valence-electron chi connectivity index (χ4n) is 1.11. The minimum atomic E-state index is -1.12. The molecule has 2 unspecified atom stereocenters. The van der Waals surface area contributed by atoms with Crippen molar-refractivity contribution >= 4 is 5.97 Å². The van der Waals surface area contributed by atoms with E-state index in [0.29, 0.717) is 0 Å². The first-order valence-electron chi connectivity index (χ1n) is 4.37. The van der Waals surface area contributed by atoms with E-state index in [9.17, 15) is 4.79 Å². The van der Waals surface area contributed by atoms with Crippen LogP contribution in [0.15, 0.2) is 12.2 Å². The number of carbonyl (C=O) groups excluding carboxylic acids is 1. The second-order valence-electron chi connectivity index (χ2n) is 2.92. The molecule has 2 atom stereocenters. The lowest BCUT2D eigenvalue weighted by Gasteiger charge is -2.26. The number of aliphatic hydroxyl groups is 1. The minimum Gasteiger partial charge on any atom is -0.458 e. The highest BCUT2D eigenvalue weighted by Gasteiger charge is 2.37. The molecule has 0 saturated carbocycles. The average Bonchev–Trinajstić information content (AvgIpc) is 2.70. The monoisotopic (exact) mass is 218 g/mol. The fourth-order valence-corrected chi connectivity index (χ4v) is 1.11. The van der Waals surface area contributed by atoms with Crippen molar-refractivity contribution in [3.05, 3.63) is 12.2 Å². The highest BCUT2D eigenvalue weighted by Crippen LogP contribution is 2.24. The summed E-state index contributed by atoms with van der Waals surface area (Å²) in [7, 11) is 2.91. The molecule has 1 aliphatic rings. The average molecular weight is 218 g/mol. The van der Waals surface area contributed by atoms with Crippen LogP contribution in [0.25, 0.3) is 0 Å². The zero-order valence-electron chi connectivity index (χ0n) is 8.63. The molecule has 1 rings (SSSR count). The van der Waals surface area contributed by atoms with Crippen molar-refractivity contribution in [2.45, 2.75) is 12.1 Å². The molecule has 15 heavy (non-hydrogen) atoms. The Hall–Kier alpha value is -0.950. The number of ether oxygens (including phenoxy) is 4. The van der Waals surface area contributed by atoms with E-state index in [-0.39, 0.29) is 6.61 Å². The van der Waals surface area contributed by atoms with Crippen LogP contribution in [0.2, 0.25) is 0 Å². The van der Waals surface area contributed by atoms with Gasteiger partial charge in [-0.3, -0.25) is 0 Å². The van der Waals surface area contributed by atoms with Gasteiger partial charge in [0.1, 0.15) is 13.2 Å². The summed E-state index contributed by atoms with van der Waals surface area (Å²) in [5.74, 6) is -1.85. The third-order valence-electron chi connectivity index (χ3n) is 1.96. The summed E-state index contributed by atoms with van der Waals surface area (Å²) >= 11 is 0. The Labute approximate surface area is 87.4 Å². The zero-order chi connectivity index (χ0) is 11.3. The third kappa shape index (κ3) is 3.00. The first kappa shape index (κ1) is 12.1. The van der Waals surface area contributed by atoms with Crippen LogP contribution in [0.4, 0.5) is 0 Å². The van der Waals surface area contributed by atoms with Crippen molar-refractivity contribution in [2.24, 2.45) is 0 Å². The molecule has 6 nitrogen and oxygen atoms in total. The van der Waals surface area contributed by atoms with Crippen LogP contribution in [0, 0.1) is 0 Å². The van der Waals surface area contributed by atoms with E-state index >= 15 is 0 Å². The first-order chi connectivity index (χ1) is 7.15. The number of aliphatic hydroxyl groups excluding tert-OH is 1. The summed E-state index contributed by atoms with van der Waals surface area (Å²) in [6.07, 6.45) is 2.74. The van der Waals surface area contributed by atoms with Crippen molar-refractivity contribution in [3.8, 4) is 0 Å². The second kappa shape index (κ2) is 5.22. The fraction of sp³-hybridized carbons (Fsp3) is 0.667. The van der Waals surface area contributed by atoms with E-state index in [1.54, 1.807) is 12.2 Å². The van der Waals surface area contributed by atoms with Gasteiger partial charge in [-0.05, 0) is 12.2 Å². The van der Waals surface area contributed by atoms with Gasteiger partial charge < -0.3 is 24.1 Å². The standard InChI is InChI=1S/C9H14O6/c1-12-8-3-4-9(13-2,15-8)6-14-7(11)5-10/h3-4,8,10H,5-6H2,1-2H3. The smallest absolute Gasteiger partial charge is 0.331 e. The van der Waals surface area contributed by atoms with Gasteiger partial charge in [0.15, 0.2) is 6.29 Å². The van der Waals surface area contributed by atoms with Gasteiger partial charge in [-0.25, -0.2) is 4.79 Å². The summed E-state index contributed by atoms with van der Waals surface area (Å²) in [5.41, 5.74) is 0. The number of carbonyl (C=O) groups is 1. The quantitative estimate of drug-likeness (QED) is 0.491. The molecule has 0 aromatic rings. The number of rotatable bonds is 5. The van der Waals surface area contributed by atoms with Crippen LogP contribution in [0.3, 0.4) is 0 Å². The summed E-state index contributed by atoms with van der Waals surface area (Å²) in [6.45, 7) is -0.795. The third-order valence-corrected chi connectivity index (χ3v) is 1.96. The molecule has 0 saturated heterocycles. The molecule has 1 N–H and O–H groups in total. The summed E-state index contributed by atoms with van der Waals surface area (Å²) in [6, 6.07) is 0. The van der Waals surface area contributed by atoms with Gasteiger partial charge in [-0.2, -0.15) is 0 Å².